The number of nitrogens with zero attached hydrogens (tertiary/aromatic N) is 1. The molecule has 3 unspecified atom stereocenters. The summed E-state index contributed by atoms with van der Waals surface area (Å²) in [6.07, 6.45) is 9.84. The third-order valence-corrected chi connectivity index (χ3v) is 8.56. The minimum absolute atomic E-state index is 0.0431. The van der Waals surface area contributed by atoms with Gasteiger partial charge in [-0.1, -0.05) is 36.6 Å². The predicted molar refractivity (Wildman–Crippen MR) is 119 cm³/mol. The van der Waals surface area contributed by atoms with Crippen LogP contribution in [-0.2, 0) is 15.2 Å². The Balaban J connectivity index is 1.74. The Morgan fingerprint density at radius 2 is 2.06 bits per heavy atom. The van der Waals surface area contributed by atoms with Crippen molar-refractivity contribution in [1.29, 1.82) is 0 Å². The first-order valence-corrected chi connectivity index (χ1v) is 11.7. The van der Waals surface area contributed by atoms with Gasteiger partial charge in [0.2, 0.25) is 0 Å². The molecular formula is C24H31ClN2O4. The van der Waals surface area contributed by atoms with Gasteiger partial charge >= 0.3 is 5.97 Å². The maximum atomic E-state index is 12.5. The molecule has 3 N–H and O–H groups in total. The maximum absolute atomic E-state index is 12.5. The highest BCUT2D eigenvalue weighted by Crippen LogP contribution is 2.60. The molecule has 0 radical (unpaired) electrons. The zero-order valence-corrected chi connectivity index (χ0v) is 19.1. The number of rotatable bonds is 2. The van der Waals surface area contributed by atoms with Gasteiger partial charge in [0.05, 0.1) is 10.7 Å². The highest BCUT2D eigenvalue weighted by Gasteiger charge is 2.70. The number of hydrogen-bond donors (Lipinski definition) is 3. The van der Waals surface area contributed by atoms with Crippen molar-refractivity contribution in [1.82, 2.24) is 5.32 Å². The summed E-state index contributed by atoms with van der Waals surface area (Å²) >= 11 is 6.63. The number of carboxylic acids is 1. The Kier molecular flexibility index (Phi) is 4.94. The zero-order valence-electron chi connectivity index (χ0n) is 18.3. The molecular weight excluding hydrogens is 416 g/mol. The Bertz CT molecular complexity index is 965. The van der Waals surface area contributed by atoms with E-state index in [0.29, 0.717) is 28.1 Å². The van der Waals surface area contributed by atoms with Crippen molar-refractivity contribution < 1.29 is 19.8 Å². The number of hydrogen-bond acceptors (Lipinski definition) is 5. The third kappa shape index (κ3) is 2.85. The topological polar surface area (TPSA) is 82.0 Å². The van der Waals surface area contributed by atoms with E-state index in [4.69, 9.17) is 16.4 Å². The molecule has 1 saturated heterocycles. The average Bonchev–Trinajstić information content (AvgIpc) is 3.05. The van der Waals surface area contributed by atoms with E-state index < -0.39 is 23.3 Å². The number of fused-ring (bicyclic) bond motifs is 4. The molecule has 31 heavy (non-hydrogen) atoms. The van der Waals surface area contributed by atoms with Crippen LogP contribution in [0.2, 0.25) is 5.02 Å². The second-order valence-corrected chi connectivity index (χ2v) is 10.2. The normalized spacial score (nSPS) is 39.1. The van der Waals surface area contributed by atoms with Crippen LogP contribution >= 0.6 is 11.6 Å². The van der Waals surface area contributed by atoms with Crippen LogP contribution in [0.4, 0.5) is 5.69 Å². The molecule has 1 saturated carbocycles. The molecule has 2 heterocycles. The number of carbonyl (C=O) groups is 1. The average molecular weight is 447 g/mol. The van der Waals surface area contributed by atoms with Crippen LogP contribution in [0, 0.1) is 31.6 Å². The molecule has 0 spiro atoms. The van der Waals surface area contributed by atoms with Gasteiger partial charge in [-0.25, -0.2) is 4.84 Å². The number of carboxylic acid groups (broad SMARTS) is 1. The largest absolute Gasteiger partial charge is 0.480 e. The van der Waals surface area contributed by atoms with E-state index in [1.54, 1.807) is 12.1 Å². The standard InChI is InChI=1S/C24H31ClN2O4/c1-13-11-18(25)21-20(14(13)2)23(30)12-19(22(28)29)26-24(23,31-27(21)3)17-10-6-8-15-7-4-5-9-16(15)17/h6,8,11,15-17,19,26,30H,4-5,7,9-10,12H2,1-3H3,(H,28,29)/t15?,16?,17?,19-,23+,24+/m0/s1. The van der Waals surface area contributed by atoms with E-state index in [1.807, 2.05) is 19.9 Å². The number of nitrogens with one attached hydrogen (secondary N) is 1. The lowest BCUT2D eigenvalue weighted by Crippen LogP contribution is -2.68. The van der Waals surface area contributed by atoms with Gasteiger partial charge in [-0.15, -0.1) is 0 Å². The first-order valence-electron chi connectivity index (χ1n) is 11.3. The molecule has 6 nitrogen and oxygen atoms in total. The Labute approximate surface area is 188 Å². The summed E-state index contributed by atoms with van der Waals surface area (Å²) < 4.78 is 0. The minimum Gasteiger partial charge on any atom is -0.480 e. The van der Waals surface area contributed by atoms with Crippen molar-refractivity contribution in [2.45, 2.75) is 69.7 Å². The summed E-state index contributed by atoms with van der Waals surface area (Å²) in [5.41, 5.74) is 0.493. The Hall–Kier alpha value is -1.60. The Morgan fingerprint density at radius 3 is 2.81 bits per heavy atom. The number of anilines is 1. The second kappa shape index (κ2) is 7.20. The number of benzene rings is 1. The molecule has 2 aliphatic carbocycles. The lowest BCUT2D eigenvalue weighted by Gasteiger charge is -2.56. The summed E-state index contributed by atoms with van der Waals surface area (Å²) in [5.74, 6) is -0.250. The van der Waals surface area contributed by atoms with Gasteiger partial charge in [0.25, 0.3) is 0 Å². The molecule has 4 aliphatic rings. The molecule has 1 aromatic rings. The van der Waals surface area contributed by atoms with E-state index in [0.717, 1.165) is 36.8 Å². The number of hydroxylamine groups is 1. The zero-order chi connectivity index (χ0) is 22.1. The maximum Gasteiger partial charge on any atom is 0.320 e. The van der Waals surface area contributed by atoms with E-state index in [9.17, 15) is 15.0 Å². The predicted octanol–water partition coefficient (Wildman–Crippen LogP) is 4.05. The first-order chi connectivity index (χ1) is 14.7. The fourth-order valence-corrected chi connectivity index (χ4v) is 7.18. The van der Waals surface area contributed by atoms with Crippen LogP contribution in [0.5, 0.6) is 0 Å². The molecule has 168 valence electrons. The quantitative estimate of drug-likeness (QED) is 0.594. The number of halogens is 1. The van der Waals surface area contributed by atoms with Crippen molar-refractivity contribution in [2.24, 2.45) is 17.8 Å². The van der Waals surface area contributed by atoms with Gasteiger partial charge in [0, 0.05) is 24.9 Å². The fraction of sp³-hybridized carbons (Fsp3) is 0.625. The van der Waals surface area contributed by atoms with Crippen LogP contribution in [0.15, 0.2) is 18.2 Å². The summed E-state index contributed by atoms with van der Waals surface area (Å²) in [4.78, 5) is 18.7. The monoisotopic (exact) mass is 446 g/mol. The highest BCUT2D eigenvalue weighted by molar-refractivity contribution is 6.33. The van der Waals surface area contributed by atoms with Gasteiger partial charge in [0.15, 0.2) is 5.72 Å². The molecule has 1 aromatic carbocycles. The lowest BCUT2D eigenvalue weighted by molar-refractivity contribution is -0.240. The van der Waals surface area contributed by atoms with E-state index in [-0.39, 0.29) is 12.3 Å². The van der Waals surface area contributed by atoms with Crippen molar-refractivity contribution in [3.63, 3.8) is 0 Å². The van der Waals surface area contributed by atoms with Gasteiger partial charge < -0.3 is 10.2 Å². The number of allylic oxidation sites excluding steroid dienone is 2. The third-order valence-electron chi connectivity index (χ3n) is 8.27. The molecule has 7 heteroatoms. The van der Waals surface area contributed by atoms with Crippen LogP contribution in [0.1, 0.15) is 55.2 Å². The van der Waals surface area contributed by atoms with Crippen molar-refractivity contribution in [2.75, 3.05) is 12.1 Å². The number of aryl methyl sites for hydroxylation is 1. The molecule has 6 atom stereocenters. The molecule has 2 aliphatic heterocycles. The van der Waals surface area contributed by atoms with E-state index >= 15 is 0 Å². The Morgan fingerprint density at radius 1 is 1.32 bits per heavy atom. The van der Waals surface area contributed by atoms with Gasteiger partial charge in [-0.3, -0.25) is 15.2 Å². The minimum atomic E-state index is -1.50. The molecule has 5 rings (SSSR count). The van der Waals surface area contributed by atoms with Crippen molar-refractivity contribution in [3.05, 3.63) is 39.9 Å². The van der Waals surface area contributed by atoms with Crippen molar-refractivity contribution >= 4 is 23.3 Å². The van der Waals surface area contributed by atoms with E-state index in [2.05, 4.69) is 17.5 Å². The fourth-order valence-electron chi connectivity index (χ4n) is 6.80. The number of aliphatic hydroxyl groups is 1. The molecule has 0 aromatic heterocycles. The van der Waals surface area contributed by atoms with Crippen LogP contribution in [0.3, 0.4) is 0 Å². The molecule has 0 amide bonds. The SMILES string of the molecule is Cc1cc(Cl)c2c(c1C)[C@]1(O)C[C@@H](C(=O)O)N[C@]1(C1CC=CC3CCCCC31)ON2C. The summed E-state index contributed by atoms with van der Waals surface area (Å²) in [6, 6.07) is 0.972. The van der Waals surface area contributed by atoms with Crippen LogP contribution in [0.25, 0.3) is 0 Å². The van der Waals surface area contributed by atoms with Crippen LogP contribution < -0.4 is 10.4 Å². The summed E-state index contributed by atoms with van der Waals surface area (Å²) in [7, 11) is 1.80. The first kappa shape index (κ1) is 21.3. The van der Waals surface area contributed by atoms with Gasteiger partial charge in [0.1, 0.15) is 11.6 Å². The molecule has 0 bridgehead atoms. The van der Waals surface area contributed by atoms with Gasteiger partial charge in [-0.05, 0) is 62.1 Å². The smallest absolute Gasteiger partial charge is 0.320 e. The van der Waals surface area contributed by atoms with Crippen molar-refractivity contribution in [3.8, 4) is 0 Å². The van der Waals surface area contributed by atoms with Gasteiger partial charge in [-0.2, -0.15) is 0 Å². The second-order valence-electron chi connectivity index (χ2n) is 9.83. The van der Waals surface area contributed by atoms with Crippen LogP contribution in [-0.4, -0.2) is 35.0 Å². The number of aliphatic carboxylic acids is 1. The lowest BCUT2D eigenvalue weighted by atomic mass is 9.61. The summed E-state index contributed by atoms with van der Waals surface area (Å²) in [5, 5.41) is 27.8. The molecule has 2 fully saturated rings. The highest BCUT2D eigenvalue weighted by atomic mass is 35.5. The van der Waals surface area contributed by atoms with E-state index in [1.165, 1.54) is 6.42 Å². The summed E-state index contributed by atoms with van der Waals surface area (Å²) in [6.45, 7) is 3.95.